The molecule has 2 unspecified atom stereocenters. The number of aromatic nitrogens is 3. The Balaban J connectivity index is 1.36. The van der Waals surface area contributed by atoms with Gasteiger partial charge < -0.3 is 20.5 Å². The van der Waals surface area contributed by atoms with Crippen LogP contribution in [0.2, 0.25) is 5.02 Å². The van der Waals surface area contributed by atoms with Crippen LogP contribution in [0, 0.1) is 0 Å². The van der Waals surface area contributed by atoms with Crippen molar-refractivity contribution in [3.63, 3.8) is 0 Å². The number of nitrogens with two attached hydrogens (primary N) is 1. The number of ether oxygens (including phenoxy) is 1. The molecule has 0 bridgehead atoms. The molecule has 2 heterocycles. The van der Waals surface area contributed by atoms with Crippen LogP contribution in [0.4, 0.5) is 11.4 Å². The number of halogens is 1. The molecule has 3 aromatic carbocycles. The monoisotopic (exact) mass is 569 g/mol. The first kappa shape index (κ1) is 27.1. The van der Waals surface area contributed by atoms with E-state index in [2.05, 4.69) is 5.10 Å². The van der Waals surface area contributed by atoms with Crippen LogP contribution in [0.5, 0.6) is 5.75 Å². The maximum absolute atomic E-state index is 11.8. The van der Waals surface area contributed by atoms with Crippen LogP contribution in [0.3, 0.4) is 0 Å². The minimum Gasteiger partial charge on any atom is -0.497 e. The van der Waals surface area contributed by atoms with Crippen LogP contribution in [0.1, 0.15) is 55.4 Å². The van der Waals surface area contributed by atoms with Crippen LogP contribution in [0.25, 0.3) is 0 Å². The van der Waals surface area contributed by atoms with Crippen molar-refractivity contribution >= 4 is 34.4 Å². The Morgan fingerprint density at radius 2 is 1.83 bits per heavy atom. The number of hydrogen-bond donors (Lipinski definition) is 2. The second-order valence-corrected chi connectivity index (χ2v) is 11.0. The maximum Gasteiger partial charge on any atom is 0.204 e. The van der Waals surface area contributed by atoms with Crippen molar-refractivity contribution in [1.29, 1.82) is 0 Å². The van der Waals surface area contributed by atoms with Crippen molar-refractivity contribution < 1.29 is 9.84 Å². The van der Waals surface area contributed by atoms with E-state index in [1.165, 1.54) is 0 Å². The molecule has 2 aliphatic rings. The normalized spacial score (nSPS) is 17.6. The van der Waals surface area contributed by atoms with E-state index < -0.39 is 5.72 Å². The van der Waals surface area contributed by atoms with E-state index in [9.17, 15) is 5.11 Å². The first-order chi connectivity index (χ1) is 19.8. The molecule has 1 aliphatic heterocycles. The van der Waals surface area contributed by atoms with E-state index in [0.717, 1.165) is 41.2 Å². The van der Waals surface area contributed by atoms with Gasteiger partial charge >= 0.3 is 0 Å². The fourth-order valence-corrected chi connectivity index (χ4v) is 5.37. The number of aliphatic imine (C=N–C) groups is 1. The number of methoxy groups -OCH3 is 1. The van der Waals surface area contributed by atoms with Crippen molar-refractivity contribution in [1.82, 2.24) is 14.9 Å². The quantitative estimate of drug-likeness (QED) is 0.267. The summed E-state index contributed by atoms with van der Waals surface area (Å²) >= 11 is 6.55. The van der Waals surface area contributed by atoms with Gasteiger partial charge in [-0.3, -0.25) is 0 Å². The number of benzene rings is 3. The van der Waals surface area contributed by atoms with E-state index in [1.807, 2.05) is 84.6 Å². The van der Waals surface area contributed by atoms with E-state index in [0.29, 0.717) is 40.4 Å². The molecule has 0 saturated heterocycles. The van der Waals surface area contributed by atoms with E-state index >= 15 is 0 Å². The fraction of sp³-hybridized carbons (Fsp3) is 0.290. The summed E-state index contributed by atoms with van der Waals surface area (Å²) in [5, 5.41) is 21.7. The molecule has 1 aromatic heterocycles. The molecule has 2 atom stereocenters. The summed E-state index contributed by atoms with van der Waals surface area (Å²) < 4.78 is 5.29. The lowest BCUT2D eigenvalue weighted by molar-refractivity contribution is 0.0454. The third-order valence-electron chi connectivity index (χ3n) is 7.57. The Hall–Kier alpha value is -4.05. The van der Waals surface area contributed by atoms with Gasteiger partial charge in [-0.25, -0.2) is 9.98 Å². The molecular weight excluding hydrogens is 538 g/mol. The molecule has 1 fully saturated rings. The van der Waals surface area contributed by atoms with Gasteiger partial charge in [-0.1, -0.05) is 41.9 Å². The molecule has 0 radical (unpaired) electrons. The average Bonchev–Trinajstić information content (AvgIpc) is 3.67. The van der Waals surface area contributed by atoms with Gasteiger partial charge in [-0.05, 0) is 69.2 Å². The van der Waals surface area contributed by atoms with Crippen molar-refractivity contribution in [2.75, 3.05) is 18.6 Å². The summed E-state index contributed by atoms with van der Waals surface area (Å²) in [6.07, 6.45) is 2.19. The second kappa shape index (κ2) is 10.7. The predicted octanol–water partition coefficient (Wildman–Crippen LogP) is 5.22. The second-order valence-electron chi connectivity index (χ2n) is 10.6. The number of nitrogens with zero attached hydrogens (tertiary/aromatic N) is 6. The Kier molecular flexibility index (Phi) is 7.11. The van der Waals surface area contributed by atoms with Crippen molar-refractivity contribution in [2.45, 2.75) is 44.4 Å². The molecule has 0 spiro atoms. The van der Waals surface area contributed by atoms with Gasteiger partial charge in [0.2, 0.25) is 5.82 Å². The Morgan fingerprint density at radius 3 is 2.46 bits per heavy atom. The molecule has 6 rings (SSSR count). The molecular formula is C31H32ClN7O2. The molecule has 41 heavy (non-hydrogen) atoms. The number of anilines is 1. The van der Waals surface area contributed by atoms with Gasteiger partial charge in [-0.2, -0.15) is 0 Å². The Morgan fingerprint density at radius 1 is 1.12 bits per heavy atom. The maximum atomic E-state index is 11.8. The van der Waals surface area contributed by atoms with Gasteiger partial charge in [-0.15, -0.1) is 15.0 Å². The topological polar surface area (TPSA) is 114 Å². The van der Waals surface area contributed by atoms with Crippen molar-refractivity contribution in [3.05, 3.63) is 101 Å². The third kappa shape index (κ3) is 5.12. The number of hydrogen-bond acceptors (Lipinski definition) is 8. The minimum absolute atomic E-state index is 0.155. The summed E-state index contributed by atoms with van der Waals surface area (Å²) in [7, 11) is 1.62. The lowest BCUT2D eigenvalue weighted by Gasteiger charge is -2.43. The minimum atomic E-state index is -1.33. The van der Waals surface area contributed by atoms with Gasteiger partial charge in [0.15, 0.2) is 11.5 Å². The average molecular weight is 570 g/mol. The zero-order valence-electron chi connectivity index (χ0n) is 23.2. The highest BCUT2D eigenvalue weighted by molar-refractivity contribution is 6.56. The molecule has 1 aliphatic carbocycles. The van der Waals surface area contributed by atoms with E-state index in [1.54, 1.807) is 18.8 Å². The molecule has 0 amide bonds. The zero-order valence-corrected chi connectivity index (χ0v) is 24.0. The molecule has 10 heteroatoms. The van der Waals surface area contributed by atoms with Crippen LogP contribution in [0.15, 0.2) is 82.9 Å². The summed E-state index contributed by atoms with van der Waals surface area (Å²) in [6, 6.07) is 22.5. The standard InChI is InChI=1S/C31H32ClN7O2/c1-19(18-33)38(31(2,40)21-10-16-24(41-3)17-11-21)23-14-12-22(13-15-23)34-28-27(25-6-4-5-7-26(25)32)36-39-30(28)35-29(37-39)20-8-9-20/h4-7,10-17,19-20,40H,8-9,18,33H2,1-3H3/b34-28-. The molecule has 9 nitrogen and oxygen atoms in total. The molecule has 210 valence electrons. The number of fused-ring (bicyclic) bond motifs is 1. The summed E-state index contributed by atoms with van der Waals surface area (Å²) in [6.45, 7) is 4.11. The van der Waals surface area contributed by atoms with E-state index in [-0.39, 0.29) is 6.04 Å². The highest BCUT2D eigenvalue weighted by Gasteiger charge is 2.36. The summed E-state index contributed by atoms with van der Waals surface area (Å²) in [4.78, 5) is 13.3. The van der Waals surface area contributed by atoms with Crippen LogP contribution >= 0.6 is 11.6 Å². The highest BCUT2D eigenvalue weighted by Crippen LogP contribution is 2.39. The first-order valence-electron chi connectivity index (χ1n) is 13.7. The molecule has 1 saturated carbocycles. The SMILES string of the molecule is COc1ccc(C(C)(O)N(c2ccc(/N=C3/C(c4ccccc4Cl)=Nn4nc(C5CC5)nc43)cc2)C(C)CN)cc1. The van der Waals surface area contributed by atoms with Crippen molar-refractivity contribution in [3.8, 4) is 5.75 Å². The third-order valence-corrected chi connectivity index (χ3v) is 7.90. The van der Waals surface area contributed by atoms with Crippen LogP contribution in [-0.2, 0) is 5.72 Å². The molecule has 4 aromatic rings. The van der Waals surface area contributed by atoms with Crippen LogP contribution in [-0.4, -0.2) is 51.1 Å². The summed E-state index contributed by atoms with van der Waals surface area (Å²) in [5.74, 6) is 2.52. The lowest BCUT2D eigenvalue weighted by Crippen LogP contribution is -2.51. The molecule has 3 N–H and O–H groups in total. The van der Waals surface area contributed by atoms with Gasteiger partial charge in [0.1, 0.15) is 17.2 Å². The largest absolute Gasteiger partial charge is 0.497 e. The van der Waals surface area contributed by atoms with Gasteiger partial charge in [0.25, 0.3) is 0 Å². The van der Waals surface area contributed by atoms with Gasteiger partial charge in [0.05, 0.1) is 17.8 Å². The Bertz CT molecular complexity index is 1620. The highest BCUT2D eigenvalue weighted by atomic mass is 35.5. The Labute approximate surface area is 244 Å². The first-order valence-corrected chi connectivity index (χ1v) is 14.0. The predicted molar refractivity (Wildman–Crippen MR) is 162 cm³/mol. The smallest absolute Gasteiger partial charge is 0.204 e. The zero-order chi connectivity index (χ0) is 28.7. The van der Waals surface area contributed by atoms with Crippen molar-refractivity contribution in [2.24, 2.45) is 15.8 Å². The summed E-state index contributed by atoms with van der Waals surface area (Å²) in [5.41, 5.74) is 9.00. The van der Waals surface area contributed by atoms with Crippen LogP contribution < -0.4 is 15.4 Å². The van der Waals surface area contributed by atoms with Gasteiger partial charge in [0, 0.05) is 35.3 Å². The number of rotatable bonds is 9. The lowest BCUT2D eigenvalue weighted by atomic mass is 9.99. The number of aliphatic hydroxyl groups is 1. The fourth-order valence-electron chi connectivity index (χ4n) is 5.14. The van der Waals surface area contributed by atoms with E-state index in [4.69, 9.17) is 37.1 Å².